The van der Waals surface area contributed by atoms with Gasteiger partial charge in [0.25, 0.3) is 0 Å². The topological polar surface area (TPSA) is 118 Å². The molecule has 0 aliphatic carbocycles. The van der Waals surface area contributed by atoms with Gasteiger partial charge in [0, 0.05) is 20.3 Å². The highest BCUT2D eigenvalue weighted by molar-refractivity contribution is 7.99. The van der Waals surface area contributed by atoms with Gasteiger partial charge in [0.2, 0.25) is 11.1 Å². The van der Waals surface area contributed by atoms with Gasteiger partial charge in [0.05, 0.1) is 5.75 Å². The third-order valence-corrected chi connectivity index (χ3v) is 4.46. The number of rotatable bonds is 10. The number of carbonyl (C=O) groups excluding carboxylic acids is 2. The van der Waals surface area contributed by atoms with Crippen LogP contribution in [-0.4, -0.2) is 53.1 Å². The zero-order chi connectivity index (χ0) is 20.4. The number of carbonyl (C=O) groups is 2. The first kappa shape index (κ1) is 21.7. The number of ether oxygens (including phenoxy) is 2. The van der Waals surface area contributed by atoms with Gasteiger partial charge in [-0.15, -0.1) is 5.10 Å². The summed E-state index contributed by atoms with van der Waals surface area (Å²) in [6, 6.07) is 5.46. The summed E-state index contributed by atoms with van der Waals surface area (Å²) in [5, 5.41) is 12.1. The van der Waals surface area contributed by atoms with Crippen LogP contribution in [0.3, 0.4) is 0 Å². The highest BCUT2D eigenvalue weighted by Crippen LogP contribution is 2.20. The van der Waals surface area contributed by atoms with Crippen molar-refractivity contribution in [2.75, 3.05) is 26.0 Å². The van der Waals surface area contributed by atoms with Crippen LogP contribution in [0.5, 0.6) is 5.75 Å². The molecule has 0 bridgehead atoms. The monoisotopic (exact) mass is 407 g/mol. The Labute approximate surface area is 168 Å². The maximum Gasteiger partial charge on any atom is 0.321 e. The number of hydrogen-bond donors (Lipinski definition) is 3. The third-order valence-electron chi connectivity index (χ3n) is 3.62. The van der Waals surface area contributed by atoms with E-state index in [4.69, 9.17) is 9.47 Å². The number of nitrogens with zero attached hydrogens (tertiary/aromatic N) is 2. The molecule has 2 rings (SSSR count). The summed E-state index contributed by atoms with van der Waals surface area (Å²) in [6.07, 6.45) is 0.678. The van der Waals surface area contributed by atoms with Crippen molar-refractivity contribution in [3.63, 3.8) is 0 Å². The van der Waals surface area contributed by atoms with Gasteiger partial charge in [-0.3, -0.25) is 15.2 Å². The number of benzene rings is 1. The Kier molecular flexibility index (Phi) is 8.76. The maximum atomic E-state index is 11.8. The van der Waals surface area contributed by atoms with Crippen LogP contribution < -0.4 is 15.4 Å². The van der Waals surface area contributed by atoms with Crippen LogP contribution in [0.2, 0.25) is 0 Å². The van der Waals surface area contributed by atoms with Crippen LogP contribution in [0.25, 0.3) is 0 Å². The van der Waals surface area contributed by atoms with Crippen molar-refractivity contribution in [2.45, 2.75) is 32.0 Å². The zero-order valence-corrected chi connectivity index (χ0v) is 17.0. The summed E-state index contributed by atoms with van der Waals surface area (Å²) in [5.41, 5.74) is 2.15. The lowest BCUT2D eigenvalue weighted by Gasteiger charge is -2.08. The van der Waals surface area contributed by atoms with Gasteiger partial charge < -0.3 is 14.8 Å². The SMILES string of the molecule is COCCCNC(=O)NC(=O)CSc1n[nH]c(COc2cc(C)ccc2C)n1. The van der Waals surface area contributed by atoms with Crippen molar-refractivity contribution in [1.29, 1.82) is 0 Å². The van der Waals surface area contributed by atoms with E-state index in [9.17, 15) is 9.59 Å². The molecule has 0 unspecified atom stereocenters. The predicted molar refractivity (Wildman–Crippen MR) is 105 cm³/mol. The van der Waals surface area contributed by atoms with E-state index in [-0.39, 0.29) is 12.4 Å². The van der Waals surface area contributed by atoms with E-state index in [0.29, 0.717) is 30.6 Å². The average molecular weight is 407 g/mol. The van der Waals surface area contributed by atoms with Crippen LogP contribution in [0.1, 0.15) is 23.4 Å². The molecule has 0 atom stereocenters. The molecule has 28 heavy (non-hydrogen) atoms. The summed E-state index contributed by atoms with van der Waals surface area (Å²) in [5.74, 6) is 0.953. The Bertz CT molecular complexity index is 796. The van der Waals surface area contributed by atoms with Crippen LogP contribution in [0.4, 0.5) is 4.79 Å². The molecule has 1 heterocycles. The minimum Gasteiger partial charge on any atom is -0.485 e. The molecule has 0 spiro atoms. The molecule has 3 amide bonds. The summed E-state index contributed by atoms with van der Waals surface area (Å²) in [7, 11) is 1.59. The molecule has 0 aliphatic rings. The summed E-state index contributed by atoms with van der Waals surface area (Å²) in [4.78, 5) is 27.6. The van der Waals surface area contributed by atoms with Crippen LogP contribution in [0.15, 0.2) is 23.4 Å². The van der Waals surface area contributed by atoms with Crippen LogP contribution in [0, 0.1) is 13.8 Å². The van der Waals surface area contributed by atoms with E-state index >= 15 is 0 Å². The molecule has 0 saturated carbocycles. The summed E-state index contributed by atoms with van der Waals surface area (Å²) >= 11 is 1.13. The fourth-order valence-electron chi connectivity index (χ4n) is 2.17. The number of aromatic amines is 1. The summed E-state index contributed by atoms with van der Waals surface area (Å²) < 4.78 is 10.6. The Morgan fingerprint density at radius 2 is 2.11 bits per heavy atom. The van der Waals surface area contributed by atoms with Crippen molar-refractivity contribution >= 4 is 23.7 Å². The molecule has 0 radical (unpaired) electrons. The van der Waals surface area contributed by atoms with Gasteiger partial charge >= 0.3 is 6.03 Å². The third kappa shape index (κ3) is 7.57. The van der Waals surface area contributed by atoms with E-state index in [0.717, 1.165) is 28.6 Å². The molecule has 9 nitrogen and oxygen atoms in total. The highest BCUT2D eigenvalue weighted by Gasteiger charge is 2.11. The van der Waals surface area contributed by atoms with Crippen molar-refractivity contribution < 1.29 is 19.1 Å². The minimum atomic E-state index is -0.528. The number of H-pyrrole nitrogens is 1. The molecule has 0 aliphatic heterocycles. The predicted octanol–water partition coefficient (Wildman–Crippen LogP) is 1.95. The smallest absolute Gasteiger partial charge is 0.321 e. The molecule has 1 aromatic heterocycles. The van der Waals surface area contributed by atoms with Gasteiger partial charge in [-0.2, -0.15) is 0 Å². The standard InChI is InChI=1S/C18H25N5O4S/c1-12-5-6-13(2)14(9-12)27-10-15-20-18(23-22-15)28-11-16(24)21-17(25)19-7-4-8-26-3/h5-6,9H,4,7-8,10-11H2,1-3H3,(H,20,22,23)(H2,19,21,24,25). The zero-order valence-electron chi connectivity index (χ0n) is 16.2. The van der Waals surface area contributed by atoms with Gasteiger partial charge in [0.15, 0.2) is 5.82 Å². The quantitative estimate of drug-likeness (QED) is 0.407. The number of nitrogens with one attached hydrogen (secondary N) is 3. The lowest BCUT2D eigenvalue weighted by Crippen LogP contribution is -2.40. The van der Waals surface area contributed by atoms with Gasteiger partial charge in [-0.1, -0.05) is 23.9 Å². The van der Waals surface area contributed by atoms with E-state index in [1.54, 1.807) is 7.11 Å². The number of hydrogen-bond acceptors (Lipinski definition) is 7. The fraction of sp³-hybridized carbons (Fsp3) is 0.444. The molecule has 3 N–H and O–H groups in total. The molecule has 2 aromatic rings. The lowest BCUT2D eigenvalue weighted by atomic mass is 10.1. The minimum absolute atomic E-state index is 0.0284. The maximum absolute atomic E-state index is 11.8. The van der Waals surface area contributed by atoms with E-state index in [1.807, 2.05) is 32.0 Å². The van der Waals surface area contributed by atoms with E-state index < -0.39 is 11.9 Å². The van der Waals surface area contributed by atoms with E-state index in [2.05, 4.69) is 25.8 Å². The normalized spacial score (nSPS) is 10.5. The summed E-state index contributed by atoms with van der Waals surface area (Å²) in [6.45, 7) is 5.20. The number of urea groups is 1. The second kappa shape index (κ2) is 11.3. The first-order valence-electron chi connectivity index (χ1n) is 8.78. The van der Waals surface area contributed by atoms with Gasteiger partial charge in [-0.25, -0.2) is 9.78 Å². The average Bonchev–Trinajstić information content (AvgIpc) is 3.12. The fourth-order valence-corrected chi connectivity index (χ4v) is 2.79. The van der Waals surface area contributed by atoms with Crippen molar-refractivity contribution in [2.24, 2.45) is 0 Å². The van der Waals surface area contributed by atoms with Gasteiger partial charge in [-0.05, 0) is 37.5 Å². The second-order valence-electron chi connectivity index (χ2n) is 6.06. The number of thioether (sulfide) groups is 1. The van der Waals surface area contributed by atoms with Crippen molar-refractivity contribution in [1.82, 2.24) is 25.8 Å². The van der Waals surface area contributed by atoms with Crippen LogP contribution in [-0.2, 0) is 16.1 Å². The molecule has 152 valence electrons. The number of aryl methyl sites for hydroxylation is 2. The molecular formula is C18H25N5O4S. The second-order valence-corrected chi connectivity index (χ2v) is 7.00. The Morgan fingerprint density at radius 1 is 1.29 bits per heavy atom. The first-order chi connectivity index (χ1) is 13.5. The first-order valence-corrected chi connectivity index (χ1v) is 9.77. The van der Waals surface area contributed by atoms with Gasteiger partial charge in [0.1, 0.15) is 12.4 Å². The lowest BCUT2D eigenvalue weighted by molar-refractivity contribution is -0.117. The molecule has 1 aromatic carbocycles. The number of methoxy groups -OCH3 is 1. The number of aromatic nitrogens is 3. The van der Waals surface area contributed by atoms with E-state index in [1.165, 1.54) is 0 Å². The van der Waals surface area contributed by atoms with Crippen LogP contribution >= 0.6 is 11.8 Å². The Morgan fingerprint density at radius 3 is 2.89 bits per heavy atom. The van der Waals surface area contributed by atoms with Crippen molar-refractivity contribution in [3.05, 3.63) is 35.2 Å². The molecule has 0 fully saturated rings. The van der Waals surface area contributed by atoms with Crippen molar-refractivity contribution in [3.8, 4) is 5.75 Å². The molecule has 10 heteroatoms. The molecular weight excluding hydrogens is 382 g/mol. The Balaban J connectivity index is 1.71. The largest absolute Gasteiger partial charge is 0.485 e. The highest BCUT2D eigenvalue weighted by atomic mass is 32.2. The molecule has 0 saturated heterocycles. The Hall–Kier alpha value is -2.59. The number of imide groups is 1. The number of amides is 3.